The minimum atomic E-state index is -0.642. The Bertz CT molecular complexity index is 972. The van der Waals surface area contributed by atoms with Crippen molar-refractivity contribution in [2.45, 2.75) is 26.5 Å². The molecule has 2 N–H and O–H groups in total. The van der Waals surface area contributed by atoms with Crippen molar-refractivity contribution < 1.29 is 19.4 Å². The van der Waals surface area contributed by atoms with Crippen LogP contribution in [0.5, 0.6) is 5.75 Å². The number of nitrogens with zero attached hydrogens (tertiary/aromatic N) is 1. The van der Waals surface area contributed by atoms with Crippen LogP contribution in [0.1, 0.15) is 28.5 Å². The summed E-state index contributed by atoms with van der Waals surface area (Å²) in [7, 11) is 1.92. The fourth-order valence-electron chi connectivity index (χ4n) is 3.33. The van der Waals surface area contributed by atoms with Crippen molar-refractivity contribution in [1.29, 1.82) is 0 Å². The van der Waals surface area contributed by atoms with Gasteiger partial charge in [-0.25, -0.2) is 4.79 Å². The van der Waals surface area contributed by atoms with E-state index in [0.717, 1.165) is 22.2 Å². The van der Waals surface area contributed by atoms with Gasteiger partial charge in [0, 0.05) is 36.7 Å². The van der Waals surface area contributed by atoms with Gasteiger partial charge in [0.25, 0.3) is 0 Å². The molecule has 3 aromatic rings. The number of hydrogen-bond donors (Lipinski definition) is 2. The summed E-state index contributed by atoms with van der Waals surface area (Å²) in [6.07, 6.45) is -0.642. The van der Waals surface area contributed by atoms with E-state index in [4.69, 9.17) is 9.47 Å². The number of esters is 1. The predicted octanol–water partition coefficient (Wildman–Crippen LogP) is 3.61. The fourth-order valence-corrected chi connectivity index (χ4v) is 3.33. The van der Waals surface area contributed by atoms with Crippen LogP contribution in [0.3, 0.4) is 0 Å². The van der Waals surface area contributed by atoms with E-state index in [9.17, 15) is 9.90 Å². The highest BCUT2D eigenvalue weighted by atomic mass is 35.5. The number of carbonyl (C=O) groups is 1. The second-order valence-corrected chi connectivity index (χ2v) is 7.00. The van der Waals surface area contributed by atoms with Gasteiger partial charge in [0.1, 0.15) is 18.5 Å². The van der Waals surface area contributed by atoms with Crippen molar-refractivity contribution >= 4 is 29.3 Å². The molecule has 1 atom stereocenters. The highest BCUT2D eigenvalue weighted by Gasteiger charge is 2.20. The number of aliphatic hydroxyl groups is 1. The van der Waals surface area contributed by atoms with E-state index in [-0.39, 0.29) is 25.0 Å². The molecule has 0 aliphatic heterocycles. The average molecular weight is 433 g/mol. The lowest BCUT2D eigenvalue weighted by Gasteiger charge is -2.13. The summed E-state index contributed by atoms with van der Waals surface area (Å²) >= 11 is 0. The Morgan fingerprint density at radius 1 is 1.20 bits per heavy atom. The molecule has 2 aromatic carbocycles. The Labute approximate surface area is 183 Å². The molecule has 0 bridgehead atoms. The summed E-state index contributed by atoms with van der Waals surface area (Å²) in [6, 6.07) is 15.6. The molecule has 30 heavy (non-hydrogen) atoms. The van der Waals surface area contributed by atoms with E-state index in [2.05, 4.69) is 5.32 Å². The van der Waals surface area contributed by atoms with Gasteiger partial charge >= 0.3 is 5.97 Å². The number of fused-ring (bicyclic) bond motifs is 1. The van der Waals surface area contributed by atoms with Gasteiger partial charge in [-0.3, -0.25) is 0 Å². The number of benzene rings is 2. The van der Waals surface area contributed by atoms with Crippen LogP contribution in [-0.4, -0.2) is 41.5 Å². The summed E-state index contributed by atoms with van der Waals surface area (Å²) in [4.78, 5) is 12.4. The van der Waals surface area contributed by atoms with Gasteiger partial charge in [-0.2, -0.15) is 0 Å². The first-order chi connectivity index (χ1) is 14.0. The van der Waals surface area contributed by atoms with Crippen molar-refractivity contribution in [2.75, 3.05) is 19.8 Å². The van der Waals surface area contributed by atoms with E-state index in [1.54, 1.807) is 6.92 Å². The van der Waals surface area contributed by atoms with E-state index in [1.807, 2.05) is 67.1 Å². The lowest BCUT2D eigenvalue weighted by molar-refractivity contribution is 0.0527. The number of rotatable bonds is 9. The summed E-state index contributed by atoms with van der Waals surface area (Å²) in [6.45, 7) is 5.29. The molecule has 1 unspecified atom stereocenters. The second-order valence-electron chi connectivity index (χ2n) is 7.00. The Balaban J connectivity index is 0.00000320. The van der Waals surface area contributed by atoms with Crippen molar-refractivity contribution in [3.8, 4) is 5.75 Å². The number of aromatic nitrogens is 1. The molecule has 162 valence electrons. The highest BCUT2D eigenvalue weighted by Crippen LogP contribution is 2.29. The molecule has 0 fully saturated rings. The number of aliphatic hydroxyl groups excluding tert-OH is 1. The molecule has 7 heteroatoms. The zero-order valence-electron chi connectivity index (χ0n) is 17.6. The van der Waals surface area contributed by atoms with Gasteiger partial charge in [-0.05, 0) is 37.6 Å². The van der Waals surface area contributed by atoms with Crippen LogP contribution in [-0.2, 0) is 18.3 Å². The molecule has 0 radical (unpaired) electrons. The molecule has 6 nitrogen and oxygen atoms in total. The minimum Gasteiger partial charge on any atom is -0.491 e. The van der Waals surface area contributed by atoms with Crippen molar-refractivity contribution in [1.82, 2.24) is 9.88 Å². The van der Waals surface area contributed by atoms with Crippen LogP contribution in [0.25, 0.3) is 10.9 Å². The first-order valence-electron chi connectivity index (χ1n) is 9.83. The summed E-state index contributed by atoms with van der Waals surface area (Å²) in [5.41, 5.74) is 3.50. The molecule has 0 amide bonds. The first kappa shape index (κ1) is 23.7. The number of halogens is 1. The van der Waals surface area contributed by atoms with Gasteiger partial charge < -0.3 is 24.5 Å². The third-order valence-corrected chi connectivity index (χ3v) is 4.94. The topological polar surface area (TPSA) is 72.7 Å². The minimum absolute atomic E-state index is 0. The normalized spacial score (nSPS) is 11.7. The zero-order chi connectivity index (χ0) is 20.8. The molecule has 0 saturated heterocycles. The van der Waals surface area contributed by atoms with E-state index >= 15 is 0 Å². The van der Waals surface area contributed by atoms with Gasteiger partial charge in [0.05, 0.1) is 12.2 Å². The molecule has 3 rings (SSSR count). The predicted molar refractivity (Wildman–Crippen MR) is 121 cm³/mol. The number of aryl methyl sites for hydroxylation is 1. The standard InChI is InChI=1S/C23H28N2O4.ClH/c1-4-28-23(27)22-16(2)25(3)21-11-10-19(12-20(21)22)29-15-18(26)14-24-13-17-8-6-5-7-9-17;/h5-12,18,24,26H,4,13-15H2,1-3H3;1H. The van der Waals surface area contributed by atoms with E-state index < -0.39 is 6.10 Å². The average Bonchev–Trinajstić information content (AvgIpc) is 2.97. The zero-order valence-corrected chi connectivity index (χ0v) is 18.4. The van der Waals surface area contributed by atoms with Crippen LogP contribution < -0.4 is 10.1 Å². The maximum atomic E-state index is 12.4. The highest BCUT2D eigenvalue weighted by molar-refractivity contribution is 6.06. The Morgan fingerprint density at radius 3 is 2.63 bits per heavy atom. The summed E-state index contributed by atoms with van der Waals surface area (Å²) in [5.74, 6) is 0.272. The van der Waals surface area contributed by atoms with Gasteiger partial charge in [0.15, 0.2) is 0 Å². The van der Waals surface area contributed by atoms with Crippen LogP contribution in [0.15, 0.2) is 48.5 Å². The Morgan fingerprint density at radius 2 is 1.93 bits per heavy atom. The summed E-state index contributed by atoms with van der Waals surface area (Å²) in [5, 5.41) is 14.2. The number of carbonyl (C=O) groups excluding carboxylic acids is 1. The largest absolute Gasteiger partial charge is 0.491 e. The van der Waals surface area contributed by atoms with Crippen molar-refractivity contribution in [3.63, 3.8) is 0 Å². The third-order valence-electron chi connectivity index (χ3n) is 4.94. The van der Waals surface area contributed by atoms with Crippen LogP contribution in [0, 0.1) is 6.92 Å². The smallest absolute Gasteiger partial charge is 0.340 e. The van der Waals surface area contributed by atoms with Gasteiger partial charge in [-0.15, -0.1) is 12.4 Å². The SMILES string of the molecule is CCOC(=O)c1c(C)n(C)c2ccc(OCC(O)CNCc3ccccc3)cc12.Cl. The lowest BCUT2D eigenvalue weighted by Crippen LogP contribution is -2.31. The van der Waals surface area contributed by atoms with Crippen LogP contribution in [0.2, 0.25) is 0 Å². The fraction of sp³-hybridized carbons (Fsp3) is 0.348. The van der Waals surface area contributed by atoms with Crippen LogP contribution in [0.4, 0.5) is 0 Å². The molecular formula is C23H29ClN2O4. The monoisotopic (exact) mass is 432 g/mol. The molecule has 0 saturated carbocycles. The second kappa shape index (κ2) is 11.0. The molecule has 1 aromatic heterocycles. The molecule has 1 heterocycles. The summed E-state index contributed by atoms with van der Waals surface area (Å²) < 4.78 is 12.9. The Kier molecular flexibility index (Phi) is 8.72. The van der Waals surface area contributed by atoms with E-state index in [1.165, 1.54) is 0 Å². The quantitative estimate of drug-likeness (QED) is 0.505. The van der Waals surface area contributed by atoms with Gasteiger partial charge in [-0.1, -0.05) is 30.3 Å². The maximum Gasteiger partial charge on any atom is 0.340 e. The van der Waals surface area contributed by atoms with Gasteiger partial charge in [0.2, 0.25) is 0 Å². The number of hydrogen-bond acceptors (Lipinski definition) is 5. The van der Waals surface area contributed by atoms with E-state index in [0.29, 0.717) is 31.0 Å². The number of ether oxygens (including phenoxy) is 2. The molecular weight excluding hydrogens is 404 g/mol. The van der Waals surface area contributed by atoms with Crippen LogP contribution >= 0.6 is 12.4 Å². The lowest BCUT2D eigenvalue weighted by atomic mass is 10.1. The Hall–Kier alpha value is -2.54. The molecule has 0 aliphatic rings. The molecule has 0 spiro atoms. The third kappa shape index (κ3) is 5.53. The van der Waals surface area contributed by atoms with Crippen molar-refractivity contribution in [3.05, 3.63) is 65.4 Å². The first-order valence-corrected chi connectivity index (χ1v) is 9.83. The number of nitrogens with one attached hydrogen (secondary N) is 1. The van der Waals surface area contributed by atoms with Crippen molar-refractivity contribution in [2.24, 2.45) is 7.05 Å². The maximum absolute atomic E-state index is 12.4. The molecule has 0 aliphatic carbocycles.